The number of hydrogen-bond acceptors (Lipinski definition) is 5. The van der Waals surface area contributed by atoms with Gasteiger partial charge in [-0.15, -0.1) is 0 Å². The first-order valence-electron chi connectivity index (χ1n) is 6.83. The summed E-state index contributed by atoms with van der Waals surface area (Å²) in [7, 11) is 0. The Bertz CT molecular complexity index is 763. The molecule has 2 N–H and O–H groups in total. The molecular formula is C16H13BrN2O4. The number of rotatable bonds is 3. The van der Waals surface area contributed by atoms with E-state index in [0.717, 1.165) is 4.47 Å². The van der Waals surface area contributed by atoms with Crippen LogP contribution in [0.25, 0.3) is 0 Å². The second-order valence-electron chi connectivity index (χ2n) is 4.80. The van der Waals surface area contributed by atoms with Crippen LogP contribution in [0.2, 0.25) is 0 Å². The van der Waals surface area contributed by atoms with Crippen molar-refractivity contribution in [1.29, 1.82) is 0 Å². The summed E-state index contributed by atoms with van der Waals surface area (Å²) in [6.07, 6.45) is 0.577. The number of hydrogen-bond donors (Lipinski definition) is 2. The minimum Gasteiger partial charge on any atom is -0.507 e. The molecule has 1 unspecified atom stereocenters. The standard InChI is InChI=1S/C16H13BrN2O4/c17-11-5-6-12(20)10(7-11)8-18-19-16(21)15-9-22-13-3-1-2-4-14(13)23-15/h1-8,15,20H,9H2,(H,19,21)/b18-8+. The fourth-order valence-electron chi connectivity index (χ4n) is 2.01. The van der Waals surface area contributed by atoms with Gasteiger partial charge < -0.3 is 14.6 Å². The molecule has 23 heavy (non-hydrogen) atoms. The summed E-state index contributed by atoms with van der Waals surface area (Å²) in [4.78, 5) is 12.0. The van der Waals surface area contributed by atoms with E-state index in [4.69, 9.17) is 9.47 Å². The van der Waals surface area contributed by atoms with Crippen LogP contribution in [-0.2, 0) is 4.79 Å². The Hall–Kier alpha value is -2.54. The number of ether oxygens (including phenoxy) is 2. The number of nitrogens with one attached hydrogen (secondary N) is 1. The average molecular weight is 377 g/mol. The Kier molecular flexibility index (Phi) is 4.47. The van der Waals surface area contributed by atoms with Crippen molar-refractivity contribution in [2.24, 2.45) is 5.10 Å². The number of aromatic hydroxyl groups is 1. The van der Waals surface area contributed by atoms with Gasteiger partial charge in [-0.05, 0) is 30.3 Å². The van der Waals surface area contributed by atoms with Crippen molar-refractivity contribution in [2.75, 3.05) is 6.61 Å². The van der Waals surface area contributed by atoms with Gasteiger partial charge in [0.1, 0.15) is 12.4 Å². The van der Waals surface area contributed by atoms with Crippen molar-refractivity contribution >= 4 is 28.1 Å². The number of benzene rings is 2. The topological polar surface area (TPSA) is 80.2 Å². The van der Waals surface area contributed by atoms with Crippen molar-refractivity contribution in [3.63, 3.8) is 0 Å². The Morgan fingerprint density at radius 3 is 2.91 bits per heavy atom. The second-order valence-corrected chi connectivity index (χ2v) is 5.72. The highest BCUT2D eigenvalue weighted by Gasteiger charge is 2.26. The Morgan fingerprint density at radius 1 is 1.30 bits per heavy atom. The second kappa shape index (κ2) is 6.70. The summed E-state index contributed by atoms with van der Waals surface area (Å²) in [6.45, 7) is 0.112. The van der Waals surface area contributed by atoms with Gasteiger partial charge in [0.2, 0.25) is 6.10 Å². The molecule has 1 aliphatic rings. The highest BCUT2D eigenvalue weighted by Crippen LogP contribution is 2.30. The van der Waals surface area contributed by atoms with Crippen LogP contribution in [0.3, 0.4) is 0 Å². The minimum absolute atomic E-state index is 0.0670. The van der Waals surface area contributed by atoms with Gasteiger partial charge in [0.25, 0.3) is 5.91 Å². The van der Waals surface area contributed by atoms with Crippen LogP contribution < -0.4 is 14.9 Å². The fraction of sp³-hybridized carbons (Fsp3) is 0.125. The van der Waals surface area contributed by atoms with Crippen molar-refractivity contribution in [2.45, 2.75) is 6.10 Å². The minimum atomic E-state index is -0.779. The predicted octanol–water partition coefficient (Wildman–Crippen LogP) is 2.44. The number of carbonyl (C=O) groups excluding carboxylic acids is 1. The lowest BCUT2D eigenvalue weighted by atomic mass is 10.2. The third-order valence-corrected chi connectivity index (χ3v) is 3.66. The van der Waals surface area contributed by atoms with Crippen LogP contribution in [0.4, 0.5) is 0 Å². The molecule has 0 saturated carbocycles. The number of phenolic OH excluding ortho intramolecular Hbond substituents is 1. The van der Waals surface area contributed by atoms with Gasteiger partial charge in [0.05, 0.1) is 6.21 Å². The lowest BCUT2D eigenvalue weighted by molar-refractivity contribution is -0.130. The highest BCUT2D eigenvalue weighted by atomic mass is 79.9. The molecule has 1 amide bonds. The summed E-state index contributed by atoms with van der Waals surface area (Å²) in [5.41, 5.74) is 2.86. The zero-order valence-electron chi connectivity index (χ0n) is 11.9. The molecule has 6 nitrogen and oxygen atoms in total. The number of nitrogens with zero attached hydrogens (tertiary/aromatic N) is 1. The van der Waals surface area contributed by atoms with Crippen LogP contribution in [0.15, 0.2) is 52.0 Å². The summed E-state index contributed by atoms with van der Waals surface area (Å²) in [5, 5.41) is 13.5. The Morgan fingerprint density at radius 2 is 2.09 bits per heavy atom. The monoisotopic (exact) mass is 376 g/mol. The maximum absolute atomic E-state index is 12.0. The van der Waals surface area contributed by atoms with Crippen molar-refractivity contribution in [1.82, 2.24) is 5.43 Å². The largest absolute Gasteiger partial charge is 0.507 e. The molecule has 0 fully saturated rings. The van der Waals surface area contributed by atoms with Crippen LogP contribution in [0.1, 0.15) is 5.56 Å². The zero-order chi connectivity index (χ0) is 16.2. The van der Waals surface area contributed by atoms with E-state index in [0.29, 0.717) is 17.1 Å². The molecule has 7 heteroatoms. The quantitative estimate of drug-likeness (QED) is 0.636. The maximum atomic E-state index is 12.0. The summed E-state index contributed by atoms with van der Waals surface area (Å²) < 4.78 is 11.8. The van der Waals surface area contributed by atoms with Crippen molar-refractivity contribution in [3.05, 3.63) is 52.5 Å². The molecule has 1 heterocycles. The van der Waals surface area contributed by atoms with Gasteiger partial charge in [0, 0.05) is 10.0 Å². The van der Waals surface area contributed by atoms with Crippen LogP contribution in [-0.4, -0.2) is 29.9 Å². The summed E-state index contributed by atoms with van der Waals surface area (Å²) in [5.74, 6) is 0.772. The van der Waals surface area contributed by atoms with Gasteiger partial charge >= 0.3 is 0 Å². The molecule has 0 bridgehead atoms. The van der Waals surface area contributed by atoms with Crippen LogP contribution in [0.5, 0.6) is 17.2 Å². The average Bonchev–Trinajstić information content (AvgIpc) is 2.57. The van der Waals surface area contributed by atoms with E-state index in [1.165, 1.54) is 12.3 Å². The van der Waals surface area contributed by atoms with Gasteiger partial charge in [-0.1, -0.05) is 28.1 Å². The molecule has 0 spiro atoms. The first kappa shape index (κ1) is 15.4. The predicted molar refractivity (Wildman–Crippen MR) is 87.9 cm³/mol. The zero-order valence-corrected chi connectivity index (χ0v) is 13.5. The number of para-hydroxylation sites is 2. The van der Waals surface area contributed by atoms with Gasteiger partial charge in [-0.25, -0.2) is 5.43 Å². The lowest BCUT2D eigenvalue weighted by Crippen LogP contribution is -2.42. The van der Waals surface area contributed by atoms with Crippen molar-refractivity contribution < 1.29 is 19.4 Å². The lowest BCUT2D eigenvalue weighted by Gasteiger charge is -2.24. The smallest absolute Gasteiger partial charge is 0.284 e. The third kappa shape index (κ3) is 3.62. The van der Waals surface area contributed by atoms with Gasteiger partial charge in [-0.3, -0.25) is 4.79 Å². The Labute approximate surface area is 140 Å². The molecule has 0 aliphatic carbocycles. The van der Waals surface area contributed by atoms with E-state index in [-0.39, 0.29) is 12.4 Å². The number of halogens is 1. The summed E-state index contributed by atoms with van der Waals surface area (Å²) >= 11 is 3.30. The van der Waals surface area contributed by atoms with Crippen LogP contribution in [0, 0.1) is 0 Å². The number of amides is 1. The Balaban J connectivity index is 1.62. The molecule has 1 atom stereocenters. The van der Waals surface area contributed by atoms with E-state index in [1.807, 2.05) is 6.07 Å². The van der Waals surface area contributed by atoms with Gasteiger partial charge in [0.15, 0.2) is 11.5 Å². The van der Waals surface area contributed by atoms with Gasteiger partial charge in [-0.2, -0.15) is 5.10 Å². The van der Waals surface area contributed by atoms with E-state index in [9.17, 15) is 9.90 Å². The third-order valence-electron chi connectivity index (χ3n) is 3.17. The fourth-order valence-corrected chi connectivity index (χ4v) is 2.39. The molecule has 3 rings (SSSR count). The number of phenols is 1. The molecule has 0 radical (unpaired) electrons. The van der Waals surface area contributed by atoms with Crippen molar-refractivity contribution in [3.8, 4) is 17.2 Å². The molecule has 1 aliphatic heterocycles. The van der Waals surface area contributed by atoms with E-state index >= 15 is 0 Å². The van der Waals surface area contributed by atoms with E-state index < -0.39 is 12.0 Å². The molecule has 0 aromatic heterocycles. The number of fused-ring (bicyclic) bond motifs is 1. The van der Waals surface area contributed by atoms with Crippen LogP contribution >= 0.6 is 15.9 Å². The molecule has 2 aromatic carbocycles. The number of hydrazone groups is 1. The number of carbonyl (C=O) groups is 1. The van der Waals surface area contributed by atoms with E-state index in [2.05, 4.69) is 26.5 Å². The molecule has 2 aromatic rings. The summed E-state index contributed by atoms with van der Waals surface area (Å²) in [6, 6.07) is 12.1. The first-order chi connectivity index (χ1) is 11.1. The molecule has 0 saturated heterocycles. The molecule has 118 valence electrons. The highest BCUT2D eigenvalue weighted by molar-refractivity contribution is 9.10. The normalized spacial score (nSPS) is 16.3. The SMILES string of the molecule is O=C(N/N=C/c1cc(Br)ccc1O)C1COc2ccccc2O1. The van der Waals surface area contributed by atoms with E-state index in [1.54, 1.807) is 30.3 Å². The first-order valence-corrected chi connectivity index (χ1v) is 7.63. The maximum Gasteiger partial charge on any atom is 0.284 e. The molecular weight excluding hydrogens is 364 g/mol.